The van der Waals surface area contributed by atoms with E-state index in [9.17, 15) is 10.1 Å². The van der Waals surface area contributed by atoms with E-state index in [2.05, 4.69) is 25.5 Å². The number of methoxy groups -OCH3 is 1. The van der Waals surface area contributed by atoms with E-state index in [1.165, 1.54) is 7.11 Å². The van der Waals surface area contributed by atoms with Gasteiger partial charge in [-0.2, -0.15) is 9.97 Å². The molecule has 1 saturated heterocycles. The Balaban J connectivity index is 1.61. The molecule has 0 saturated carbocycles. The lowest BCUT2D eigenvalue weighted by molar-refractivity contribution is -0.383. The minimum absolute atomic E-state index is 0.0156. The molecule has 2 aromatic heterocycles. The van der Waals surface area contributed by atoms with Crippen molar-refractivity contribution in [2.75, 3.05) is 43.1 Å². The second kappa shape index (κ2) is 9.52. The number of ether oxygens (including phenoxy) is 1. The van der Waals surface area contributed by atoms with Crippen molar-refractivity contribution in [1.82, 2.24) is 14.9 Å². The highest BCUT2D eigenvalue weighted by atomic mass is 16.6. The Hall–Kier alpha value is -3.86. The highest BCUT2D eigenvalue weighted by Crippen LogP contribution is 2.34. The van der Waals surface area contributed by atoms with E-state index in [4.69, 9.17) is 14.9 Å². The maximum atomic E-state index is 11.6. The number of furan rings is 1. The number of benzene rings is 1. The molecule has 3 heterocycles. The van der Waals surface area contributed by atoms with Crippen molar-refractivity contribution < 1.29 is 14.1 Å². The van der Waals surface area contributed by atoms with E-state index in [0.29, 0.717) is 18.0 Å². The average Bonchev–Trinajstić information content (AvgIpc) is 3.49. The molecule has 1 aliphatic rings. The van der Waals surface area contributed by atoms with E-state index in [0.717, 1.165) is 31.7 Å². The number of nitrogens with zero attached hydrogens (tertiary/aromatic N) is 4. The summed E-state index contributed by atoms with van der Waals surface area (Å²) in [6, 6.07) is 10.8. The fourth-order valence-corrected chi connectivity index (χ4v) is 3.83. The van der Waals surface area contributed by atoms with Gasteiger partial charge in [0, 0.05) is 6.54 Å². The van der Waals surface area contributed by atoms with Gasteiger partial charge >= 0.3 is 5.69 Å². The van der Waals surface area contributed by atoms with Crippen LogP contribution < -0.4 is 21.1 Å². The summed E-state index contributed by atoms with van der Waals surface area (Å²) in [5.41, 5.74) is 6.06. The van der Waals surface area contributed by atoms with E-state index in [1.54, 1.807) is 30.5 Å². The Morgan fingerprint density at radius 3 is 2.72 bits per heavy atom. The van der Waals surface area contributed by atoms with Crippen LogP contribution in [0.3, 0.4) is 0 Å². The highest BCUT2D eigenvalue weighted by Gasteiger charge is 2.27. The van der Waals surface area contributed by atoms with Gasteiger partial charge in [-0.05, 0) is 50.2 Å². The second-order valence-electron chi connectivity index (χ2n) is 7.37. The zero-order valence-corrected chi connectivity index (χ0v) is 17.7. The lowest BCUT2D eigenvalue weighted by Gasteiger charge is -2.26. The number of likely N-dealkylation sites (tertiary alicyclic amines) is 1. The van der Waals surface area contributed by atoms with Crippen molar-refractivity contribution in [2.24, 2.45) is 0 Å². The Labute approximate surface area is 184 Å². The van der Waals surface area contributed by atoms with Gasteiger partial charge in [0.05, 0.1) is 30.0 Å². The molecular formula is C21H25N7O4. The summed E-state index contributed by atoms with van der Waals surface area (Å²) in [6.45, 7) is 2.40. The predicted molar refractivity (Wildman–Crippen MR) is 120 cm³/mol. The van der Waals surface area contributed by atoms with E-state index < -0.39 is 10.6 Å². The summed E-state index contributed by atoms with van der Waals surface area (Å²) in [6.07, 6.45) is 3.91. The van der Waals surface area contributed by atoms with Gasteiger partial charge in [-0.3, -0.25) is 15.0 Å². The molecule has 11 heteroatoms. The van der Waals surface area contributed by atoms with Gasteiger partial charge in [0.1, 0.15) is 11.5 Å². The van der Waals surface area contributed by atoms with Crippen molar-refractivity contribution >= 4 is 29.0 Å². The second-order valence-corrected chi connectivity index (χ2v) is 7.37. The first-order valence-electron chi connectivity index (χ1n) is 10.3. The molecule has 0 amide bonds. The molecular weight excluding hydrogens is 414 g/mol. The molecule has 0 bridgehead atoms. The summed E-state index contributed by atoms with van der Waals surface area (Å²) in [7, 11) is 1.52. The fourth-order valence-electron chi connectivity index (χ4n) is 3.83. The Morgan fingerprint density at radius 2 is 2.03 bits per heavy atom. The monoisotopic (exact) mass is 439 g/mol. The number of para-hydroxylation sites is 2. The number of rotatable bonds is 9. The van der Waals surface area contributed by atoms with Crippen LogP contribution in [-0.4, -0.2) is 46.5 Å². The Kier molecular flexibility index (Phi) is 6.36. The molecule has 4 N–H and O–H groups in total. The van der Waals surface area contributed by atoms with Crippen LogP contribution in [0.25, 0.3) is 0 Å². The van der Waals surface area contributed by atoms with Crippen molar-refractivity contribution in [2.45, 2.75) is 18.9 Å². The van der Waals surface area contributed by atoms with Gasteiger partial charge in [-0.15, -0.1) is 0 Å². The molecule has 4 rings (SSSR count). The molecule has 1 aliphatic heterocycles. The lowest BCUT2D eigenvalue weighted by Crippen LogP contribution is -2.31. The number of anilines is 4. The van der Waals surface area contributed by atoms with Crippen LogP contribution in [0.15, 0.2) is 47.1 Å². The molecule has 1 atom stereocenters. The summed E-state index contributed by atoms with van der Waals surface area (Å²) < 4.78 is 11.0. The maximum Gasteiger partial charge on any atom is 0.353 e. The zero-order valence-electron chi connectivity index (χ0n) is 17.7. The maximum absolute atomic E-state index is 11.6. The average molecular weight is 439 g/mol. The molecule has 168 valence electrons. The van der Waals surface area contributed by atoms with Crippen molar-refractivity contribution in [3.8, 4) is 5.75 Å². The van der Waals surface area contributed by atoms with E-state index in [-0.39, 0.29) is 23.6 Å². The number of aromatic nitrogens is 2. The molecule has 32 heavy (non-hydrogen) atoms. The van der Waals surface area contributed by atoms with Crippen LogP contribution in [0.4, 0.5) is 29.0 Å². The van der Waals surface area contributed by atoms with E-state index >= 15 is 0 Å². The SMILES string of the molecule is COc1ccccc1Nc1nc(NC[C@H](c2ccco2)N2CCCC2)nc(N)c1[N+](=O)[O-]. The first kappa shape index (κ1) is 21.4. The summed E-state index contributed by atoms with van der Waals surface area (Å²) in [5.74, 6) is 1.27. The number of hydrogen-bond acceptors (Lipinski definition) is 10. The summed E-state index contributed by atoms with van der Waals surface area (Å²) in [5, 5.41) is 17.8. The zero-order chi connectivity index (χ0) is 22.5. The fraction of sp³-hybridized carbons (Fsp3) is 0.333. The number of nitrogen functional groups attached to an aromatic ring is 1. The minimum Gasteiger partial charge on any atom is -0.495 e. The summed E-state index contributed by atoms with van der Waals surface area (Å²) >= 11 is 0. The molecule has 0 spiro atoms. The van der Waals surface area contributed by atoms with Gasteiger partial charge in [0.15, 0.2) is 0 Å². The van der Waals surface area contributed by atoms with Crippen molar-refractivity contribution in [1.29, 1.82) is 0 Å². The van der Waals surface area contributed by atoms with Crippen LogP contribution in [0.1, 0.15) is 24.6 Å². The molecule has 0 aliphatic carbocycles. The Bertz CT molecular complexity index is 1070. The smallest absolute Gasteiger partial charge is 0.353 e. The molecule has 0 radical (unpaired) electrons. The largest absolute Gasteiger partial charge is 0.495 e. The van der Waals surface area contributed by atoms with Crippen LogP contribution in [-0.2, 0) is 0 Å². The van der Waals surface area contributed by atoms with Crippen LogP contribution in [0.2, 0.25) is 0 Å². The van der Waals surface area contributed by atoms with E-state index in [1.807, 2.05) is 12.1 Å². The number of nitrogens with two attached hydrogens (primary N) is 1. The lowest BCUT2D eigenvalue weighted by atomic mass is 10.2. The molecule has 1 aromatic carbocycles. The topological polar surface area (TPSA) is 145 Å². The summed E-state index contributed by atoms with van der Waals surface area (Å²) in [4.78, 5) is 21.8. The third kappa shape index (κ3) is 4.57. The number of hydrogen-bond donors (Lipinski definition) is 3. The highest BCUT2D eigenvalue weighted by molar-refractivity contribution is 5.76. The standard InChI is InChI=1S/C21H25N7O4/c1-31-16-8-3-2-7-14(16)24-20-18(28(29)30)19(22)25-21(26-20)23-13-15(17-9-6-12-32-17)27-10-4-5-11-27/h2-3,6-9,12,15H,4-5,10-11,13H2,1H3,(H4,22,23,24,25,26)/t15-/m1/s1. The normalized spacial score (nSPS) is 14.8. The van der Waals surface area contributed by atoms with Crippen LogP contribution in [0, 0.1) is 10.1 Å². The molecule has 3 aromatic rings. The first-order chi connectivity index (χ1) is 15.6. The van der Waals surface area contributed by atoms with Gasteiger partial charge in [-0.25, -0.2) is 0 Å². The van der Waals surface area contributed by atoms with Crippen molar-refractivity contribution in [3.05, 3.63) is 58.5 Å². The quantitative estimate of drug-likeness (QED) is 0.334. The first-order valence-corrected chi connectivity index (χ1v) is 10.3. The number of nitrogens with one attached hydrogen (secondary N) is 2. The van der Waals surface area contributed by atoms with Gasteiger partial charge in [-0.1, -0.05) is 12.1 Å². The molecule has 11 nitrogen and oxygen atoms in total. The van der Waals surface area contributed by atoms with Crippen LogP contribution >= 0.6 is 0 Å². The minimum atomic E-state index is -0.604. The third-order valence-electron chi connectivity index (χ3n) is 5.36. The van der Waals surface area contributed by atoms with Crippen molar-refractivity contribution in [3.63, 3.8) is 0 Å². The Morgan fingerprint density at radius 1 is 1.25 bits per heavy atom. The third-order valence-corrected chi connectivity index (χ3v) is 5.36. The predicted octanol–water partition coefficient (Wildman–Crippen LogP) is 3.56. The number of nitro groups is 1. The molecule has 1 fully saturated rings. The van der Waals surface area contributed by atoms with Gasteiger partial charge < -0.3 is 25.5 Å². The van der Waals surface area contributed by atoms with Crippen LogP contribution in [0.5, 0.6) is 5.75 Å². The molecule has 0 unspecified atom stereocenters. The van der Waals surface area contributed by atoms with Gasteiger partial charge in [0.25, 0.3) is 0 Å². The van der Waals surface area contributed by atoms with Gasteiger partial charge in [0.2, 0.25) is 17.6 Å².